The van der Waals surface area contributed by atoms with Gasteiger partial charge in [0.1, 0.15) is 22.5 Å². The van der Waals surface area contributed by atoms with Crippen LogP contribution in [0.1, 0.15) is 19.3 Å². The van der Waals surface area contributed by atoms with Crippen molar-refractivity contribution in [2.45, 2.75) is 19.3 Å². The molecule has 7 heteroatoms. The van der Waals surface area contributed by atoms with E-state index in [-0.39, 0.29) is 6.03 Å². The van der Waals surface area contributed by atoms with Crippen LogP contribution in [0.2, 0.25) is 0 Å². The van der Waals surface area contributed by atoms with Crippen LogP contribution < -0.4 is 15.5 Å². The van der Waals surface area contributed by atoms with Gasteiger partial charge in [0.25, 0.3) is 0 Å². The van der Waals surface area contributed by atoms with Crippen LogP contribution in [-0.2, 0) is 0 Å². The monoisotopic (exact) mass is 379 g/mol. The normalized spacial score (nSPS) is 14.0. The average molecular weight is 379 g/mol. The second-order valence-electron chi connectivity index (χ2n) is 6.41. The molecule has 2 N–H and O–H groups in total. The standard InChI is InChI=1S/C20H21N5OS/c26-20(24-17-14-27-19(22-17)15-8-3-1-4-9-15)23-16-10-7-11-18(21-16)25-12-5-2-6-13-25/h1,3-4,7-11,14H,2,5-6,12-13H2,(H2,21,23,24,26). The highest BCUT2D eigenvalue weighted by Crippen LogP contribution is 2.25. The number of urea groups is 1. The first kappa shape index (κ1) is 17.5. The Morgan fingerprint density at radius 1 is 0.889 bits per heavy atom. The van der Waals surface area contributed by atoms with Crippen LogP contribution in [0.4, 0.5) is 22.2 Å². The summed E-state index contributed by atoms with van der Waals surface area (Å²) in [4.78, 5) is 23.6. The number of carbonyl (C=O) groups excluding carboxylic acids is 1. The first-order valence-corrected chi connectivity index (χ1v) is 9.97. The molecule has 3 aromatic rings. The van der Waals surface area contributed by atoms with Gasteiger partial charge >= 0.3 is 6.03 Å². The highest BCUT2D eigenvalue weighted by atomic mass is 32.1. The minimum absolute atomic E-state index is 0.344. The first-order valence-electron chi connectivity index (χ1n) is 9.09. The Hall–Kier alpha value is -2.93. The quantitative estimate of drug-likeness (QED) is 0.680. The molecular weight excluding hydrogens is 358 g/mol. The number of nitrogens with zero attached hydrogens (tertiary/aromatic N) is 3. The van der Waals surface area contributed by atoms with Crippen LogP contribution in [0.3, 0.4) is 0 Å². The van der Waals surface area contributed by atoms with Crippen molar-refractivity contribution in [3.8, 4) is 10.6 Å². The van der Waals surface area contributed by atoms with Crippen LogP contribution >= 0.6 is 11.3 Å². The minimum atomic E-state index is -0.344. The van der Waals surface area contributed by atoms with Gasteiger partial charge in [0.15, 0.2) is 0 Å². The van der Waals surface area contributed by atoms with Gasteiger partial charge in [-0.3, -0.25) is 10.6 Å². The molecular formula is C20H21N5OS. The molecule has 1 aliphatic rings. The van der Waals surface area contributed by atoms with Crippen molar-refractivity contribution in [1.82, 2.24) is 9.97 Å². The molecule has 0 atom stereocenters. The van der Waals surface area contributed by atoms with E-state index >= 15 is 0 Å². The molecule has 4 rings (SSSR count). The molecule has 1 fully saturated rings. The third-order valence-corrected chi connectivity index (χ3v) is 5.31. The van der Waals surface area contributed by atoms with Crippen LogP contribution in [0.15, 0.2) is 53.9 Å². The fraction of sp³-hybridized carbons (Fsp3) is 0.250. The van der Waals surface area contributed by atoms with Crippen molar-refractivity contribution < 1.29 is 4.79 Å². The zero-order chi connectivity index (χ0) is 18.5. The molecule has 0 unspecified atom stereocenters. The lowest BCUT2D eigenvalue weighted by Gasteiger charge is -2.27. The van der Waals surface area contributed by atoms with E-state index in [1.807, 2.05) is 47.8 Å². The Bertz CT molecular complexity index is 906. The number of pyridine rings is 1. The zero-order valence-electron chi connectivity index (χ0n) is 14.9. The van der Waals surface area contributed by atoms with Crippen molar-refractivity contribution in [3.63, 3.8) is 0 Å². The number of piperidine rings is 1. The van der Waals surface area contributed by atoms with Crippen molar-refractivity contribution in [3.05, 3.63) is 53.9 Å². The van der Waals surface area contributed by atoms with E-state index in [4.69, 9.17) is 0 Å². The second-order valence-corrected chi connectivity index (χ2v) is 7.27. The number of amides is 2. The molecule has 138 valence electrons. The maximum Gasteiger partial charge on any atom is 0.326 e. The average Bonchev–Trinajstić information content (AvgIpc) is 3.18. The summed E-state index contributed by atoms with van der Waals surface area (Å²) in [6.45, 7) is 2.04. The predicted molar refractivity (Wildman–Crippen MR) is 110 cm³/mol. The summed E-state index contributed by atoms with van der Waals surface area (Å²) in [6, 6.07) is 15.3. The Balaban J connectivity index is 1.39. The van der Waals surface area contributed by atoms with Crippen LogP contribution in [0.25, 0.3) is 10.6 Å². The Labute approximate surface area is 162 Å². The molecule has 0 bridgehead atoms. The molecule has 3 heterocycles. The molecule has 0 spiro atoms. The van der Waals surface area contributed by atoms with Gasteiger partial charge in [0, 0.05) is 24.0 Å². The highest BCUT2D eigenvalue weighted by molar-refractivity contribution is 7.13. The third-order valence-electron chi connectivity index (χ3n) is 4.42. The van der Waals surface area contributed by atoms with Gasteiger partial charge in [-0.2, -0.15) is 0 Å². The van der Waals surface area contributed by atoms with Crippen molar-refractivity contribution in [1.29, 1.82) is 0 Å². The molecule has 1 aliphatic heterocycles. The lowest BCUT2D eigenvalue weighted by atomic mass is 10.1. The van der Waals surface area contributed by atoms with Gasteiger partial charge in [-0.1, -0.05) is 36.4 Å². The minimum Gasteiger partial charge on any atom is -0.357 e. The van der Waals surface area contributed by atoms with Crippen molar-refractivity contribution in [2.24, 2.45) is 0 Å². The first-order chi connectivity index (χ1) is 13.3. The van der Waals surface area contributed by atoms with E-state index in [1.54, 1.807) is 6.07 Å². The fourth-order valence-corrected chi connectivity index (χ4v) is 3.86. The molecule has 1 saturated heterocycles. The SMILES string of the molecule is O=C(Nc1cccc(N2CCCCC2)n1)Nc1csc(-c2ccccc2)n1. The number of rotatable bonds is 4. The summed E-state index contributed by atoms with van der Waals surface area (Å²) >= 11 is 1.50. The number of thiazole rings is 1. The molecule has 1 aromatic carbocycles. The van der Waals surface area contributed by atoms with E-state index in [2.05, 4.69) is 25.5 Å². The maximum atomic E-state index is 12.3. The summed E-state index contributed by atoms with van der Waals surface area (Å²) in [5, 5.41) is 8.28. The van der Waals surface area contributed by atoms with Gasteiger partial charge in [0.2, 0.25) is 0 Å². The Morgan fingerprint density at radius 2 is 1.67 bits per heavy atom. The number of hydrogen-bond donors (Lipinski definition) is 2. The molecule has 0 saturated carbocycles. The summed E-state index contributed by atoms with van der Waals surface area (Å²) in [5.41, 5.74) is 1.03. The van der Waals surface area contributed by atoms with E-state index in [1.165, 1.54) is 30.6 Å². The topological polar surface area (TPSA) is 70.2 Å². The van der Waals surface area contributed by atoms with Crippen LogP contribution in [0.5, 0.6) is 0 Å². The molecule has 2 aromatic heterocycles. The fourth-order valence-electron chi connectivity index (χ4n) is 3.10. The number of nitrogens with one attached hydrogen (secondary N) is 2. The van der Waals surface area contributed by atoms with Crippen LogP contribution in [0, 0.1) is 0 Å². The number of benzene rings is 1. The van der Waals surface area contributed by atoms with Crippen LogP contribution in [-0.4, -0.2) is 29.1 Å². The van der Waals surface area contributed by atoms with Gasteiger partial charge in [-0.15, -0.1) is 11.3 Å². The lowest BCUT2D eigenvalue weighted by Crippen LogP contribution is -2.30. The molecule has 0 aliphatic carbocycles. The van der Waals surface area contributed by atoms with Gasteiger partial charge in [0.05, 0.1) is 0 Å². The largest absolute Gasteiger partial charge is 0.357 e. The van der Waals surface area contributed by atoms with Crippen molar-refractivity contribution in [2.75, 3.05) is 28.6 Å². The number of hydrogen-bond acceptors (Lipinski definition) is 5. The number of aromatic nitrogens is 2. The lowest BCUT2D eigenvalue weighted by molar-refractivity contribution is 0.262. The highest BCUT2D eigenvalue weighted by Gasteiger charge is 2.13. The molecule has 0 radical (unpaired) electrons. The summed E-state index contributed by atoms with van der Waals surface area (Å²) in [6.07, 6.45) is 3.65. The smallest absolute Gasteiger partial charge is 0.326 e. The maximum absolute atomic E-state index is 12.3. The Morgan fingerprint density at radius 3 is 2.48 bits per heavy atom. The summed E-state index contributed by atoms with van der Waals surface area (Å²) in [7, 11) is 0. The van der Waals surface area contributed by atoms with Gasteiger partial charge in [-0.25, -0.2) is 14.8 Å². The third kappa shape index (κ3) is 4.43. The summed E-state index contributed by atoms with van der Waals surface area (Å²) in [5.74, 6) is 1.98. The van der Waals surface area contributed by atoms with Gasteiger partial charge < -0.3 is 4.90 Å². The van der Waals surface area contributed by atoms with E-state index in [0.29, 0.717) is 11.6 Å². The molecule has 6 nitrogen and oxygen atoms in total. The van der Waals surface area contributed by atoms with Gasteiger partial charge in [-0.05, 0) is 31.4 Å². The van der Waals surface area contributed by atoms with E-state index < -0.39 is 0 Å². The van der Waals surface area contributed by atoms with Crippen molar-refractivity contribution >= 4 is 34.8 Å². The second kappa shape index (κ2) is 8.18. The zero-order valence-corrected chi connectivity index (χ0v) is 15.7. The number of anilines is 3. The predicted octanol–water partition coefficient (Wildman–Crippen LogP) is 4.84. The van der Waals surface area contributed by atoms with E-state index in [0.717, 1.165) is 29.5 Å². The molecule has 2 amide bonds. The summed E-state index contributed by atoms with van der Waals surface area (Å²) < 4.78 is 0. The molecule has 27 heavy (non-hydrogen) atoms. The van der Waals surface area contributed by atoms with E-state index in [9.17, 15) is 4.79 Å². The Kier molecular flexibility index (Phi) is 5.29. The number of carbonyl (C=O) groups is 1.